The predicted molar refractivity (Wildman–Crippen MR) is 82.6 cm³/mol. The van der Waals surface area contributed by atoms with Crippen LogP contribution < -0.4 is 5.32 Å². The maximum Gasteiger partial charge on any atom is 0.0518 e. The normalized spacial score (nSPS) is 20.8. The van der Waals surface area contributed by atoms with Gasteiger partial charge in [0.05, 0.1) is 6.10 Å². The first-order chi connectivity index (χ1) is 9.08. The Morgan fingerprint density at radius 2 is 2.00 bits per heavy atom. The minimum Gasteiger partial charge on any atom is -0.379 e. The van der Waals surface area contributed by atoms with Crippen molar-refractivity contribution in [3.05, 3.63) is 0 Å². The number of hydrogen-bond donors (Lipinski definition) is 1. The first-order valence-electron chi connectivity index (χ1n) is 8.12. The standard InChI is InChI=1S/C16H34N2O/c1-14(2)11-17-12-16-7-9-18(13-16)8-5-6-10-19-15(3)4/h14-17H,5-13H2,1-4H3. The molecule has 0 aromatic heterocycles. The van der Waals surface area contributed by atoms with Gasteiger partial charge in [0.15, 0.2) is 0 Å². The monoisotopic (exact) mass is 270 g/mol. The molecule has 0 amide bonds. The van der Waals surface area contributed by atoms with E-state index < -0.39 is 0 Å². The van der Waals surface area contributed by atoms with Crippen LogP contribution in [0.25, 0.3) is 0 Å². The molecule has 0 aliphatic carbocycles. The minimum absolute atomic E-state index is 0.378. The fraction of sp³-hybridized carbons (Fsp3) is 1.00. The first-order valence-corrected chi connectivity index (χ1v) is 8.12. The summed E-state index contributed by atoms with van der Waals surface area (Å²) in [5.41, 5.74) is 0. The Morgan fingerprint density at radius 1 is 1.21 bits per heavy atom. The number of rotatable bonds is 10. The van der Waals surface area contributed by atoms with E-state index in [9.17, 15) is 0 Å². The van der Waals surface area contributed by atoms with E-state index in [0.29, 0.717) is 6.10 Å². The Morgan fingerprint density at radius 3 is 2.68 bits per heavy atom. The molecule has 0 spiro atoms. The summed E-state index contributed by atoms with van der Waals surface area (Å²) in [6.45, 7) is 15.9. The molecule has 1 saturated heterocycles. The molecule has 3 nitrogen and oxygen atoms in total. The van der Waals surface area contributed by atoms with Gasteiger partial charge in [0.1, 0.15) is 0 Å². The van der Waals surface area contributed by atoms with Gasteiger partial charge in [-0.25, -0.2) is 0 Å². The average Bonchev–Trinajstić information content (AvgIpc) is 2.76. The van der Waals surface area contributed by atoms with Gasteiger partial charge < -0.3 is 15.0 Å². The molecule has 1 heterocycles. The number of nitrogens with one attached hydrogen (secondary N) is 1. The summed E-state index contributed by atoms with van der Waals surface area (Å²) in [7, 11) is 0. The van der Waals surface area contributed by atoms with Gasteiger partial charge in [-0.15, -0.1) is 0 Å². The van der Waals surface area contributed by atoms with Crippen molar-refractivity contribution in [3.8, 4) is 0 Å². The van der Waals surface area contributed by atoms with Crippen LogP contribution in [-0.4, -0.2) is 50.3 Å². The molecule has 0 aromatic rings. The third-order valence-corrected chi connectivity index (χ3v) is 3.68. The van der Waals surface area contributed by atoms with Gasteiger partial charge in [0.25, 0.3) is 0 Å². The summed E-state index contributed by atoms with van der Waals surface area (Å²) in [5, 5.41) is 3.59. The molecule has 1 rings (SSSR count). The lowest BCUT2D eigenvalue weighted by atomic mass is 10.1. The van der Waals surface area contributed by atoms with Gasteiger partial charge in [-0.2, -0.15) is 0 Å². The van der Waals surface area contributed by atoms with E-state index in [-0.39, 0.29) is 0 Å². The molecule has 1 unspecified atom stereocenters. The molecule has 1 aliphatic rings. The van der Waals surface area contributed by atoms with Gasteiger partial charge in [0.2, 0.25) is 0 Å². The lowest BCUT2D eigenvalue weighted by molar-refractivity contribution is 0.0746. The van der Waals surface area contributed by atoms with Gasteiger partial charge >= 0.3 is 0 Å². The van der Waals surface area contributed by atoms with E-state index >= 15 is 0 Å². The Bertz CT molecular complexity index is 219. The van der Waals surface area contributed by atoms with Crippen molar-refractivity contribution in [2.24, 2.45) is 11.8 Å². The summed E-state index contributed by atoms with van der Waals surface area (Å²) < 4.78 is 5.57. The SMILES string of the molecule is CC(C)CNCC1CCN(CCCCOC(C)C)C1. The fourth-order valence-corrected chi connectivity index (χ4v) is 2.62. The molecular weight excluding hydrogens is 236 g/mol. The maximum atomic E-state index is 5.57. The number of likely N-dealkylation sites (tertiary alicyclic amines) is 1. The first kappa shape index (κ1) is 16.9. The highest BCUT2D eigenvalue weighted by Crippen LogP contribution is 2.15. The van der Waals surface area contributed by atoms with Crippen molar-refractivity contribution >= 4 is 0 Å². The number of unbranched alkanes of at least 4 members (excludes halogenated alkanes) is 1. The van der Waals surface area contributed by atoms with Gasteiger partial charge in [-0.05, 0) is 71.1 Å². The highest BCUT2D eigenvalue weighted by molar-refractivity contribution is 4.77. The summed E-state index contributed by atoms with van der Waals surface area (Å²) in [6.07, 6.45) is 4.22. The summed E-state index contributed by atoms with van der Waals surface area (Å²) in [6, 6.07) is 0. The van der Waals surface area contributed by atoms with Crippen LogP contribution in [0.5, 0.6) is 0 Å². The third kappa shape index (κ3) is 8.61. The zero-order valence-corrected chi connectivity index (χ0v) is 13.5. The molecule has 0 saturated carbocycles. The Labute approximate surface area is 120 Å². The molecular formula is C16H34N2O. The molecule has 114 valence electrons. The van der Waals surface area contributed by atoms with E-state index in [0.717, 1.165) is 25.0 Å². The molecule has 0 aromatic carbocycles. The zero-order valence-electron chi connectivity index (χ0n) is 13.5. The van der Waals surface area contributed by atoms with Crippen molar-refractivity contribution < 1.29 is 4.74 Å². The van der Waals surface area contributed by atoms with Crippen molar-refractivity contribution in [1.29, 1.82) is 0 Å². The van der Waals surface area contributed by atoms with Gasteiger partial charge in [-0.3, -0.25) is 0 Å². The molecule has 0 bridgehead atoms. The van der Waals surface area contributed by atoms with Gasteiger partial charge in [-0.1, -0.05) is 13.8 Å². The van der Waals surface area contributed by atoms with Gasteiger partial charge in [0, 0.05) is 13.2 Å². The molecule has 1 fully saturated rings. The molecule has 0 radical (unpaired) electrons. The maximum absolute atomic E-state index is 5.57. The smallest absolute Gasteiger partial charge is 0.0518 e. The van der Waals surface area contributed by atoms with Crippen molar-refractivity contribution in [1.82, 2.24) is 10.2 Å². The highest BCUT2D eigenvalue weighted by atomic mass is 16.5. The fourth-order valence-electron chi connectivity index (χ4n) is 2.62. The second-order valence-electron chi connectivity index (χ2n) is 6.63. The van der Waals surface area contributed by atoms with E-state index in [1.54, 1.807) is 0 Å². The Hall–Kier alpha value is -0.120. The van der Waals surface area contributed by atoms with E-state index in [1.165, 1.54) is 45.4 Å². The molecule has 1 aliphatic heterocycles. The minimum atomic E-state index is 0.378. The lowest BCUT2D eigenvalue weighted by Gasteiger charge is -2.17. The van der Waals surface area contributed by atoms with Crippen LogP contribution in [-0.2, 0) is 4.74 Å². The Kier molecular flexibility index (Phi) is 8.67. The number of nitrogens with zero attached hydrogens (tertiary/aromatic N) is 1. The molecule has 19 heavy (non-hydrogen) atoms. The van der Waals surface area contributed by atoms with Crippen LogP contribution in [0.3, 0.4) is 0 Å². The molecule has 1 N–H and O–H groups in total. The van der Waals surface area contributed by atoms with Crippen molar-refractivity contribution in [2.75, 3.05) is 39.3 Å². The average molecular weight is 270 g/mol. The highest BCUT2D eigenvalue weighted by Gasteiger charge is 2.21. The van der Waals surface area contributed by atoms with Crippen LogP contribution in [0.4, 0.5) is 0 Å². The van der Waals surface area contributed by atoms with Crippen LogP contribution >= 0.6 is 0 Å². The van der Waals surface area contributed by atoms with E-state index in [1.807, 2.05) is 0 Å². The van der Waals surface area contributed by atoms with E-state index in [4.69, 9.17) is 4.74 Å². The van der Waals surface area contributed by atoms with Crippen molar-refractivity contribution in [3.63, 3.8) is 0 Å². The van der Waals surface area contributed by atoms with Crippen LogP contribution in [0.15, 0.2) is 0 Å². The quantitative estimate of drug-likeness (QED) is 0.618. The second-order valence-corrected chi connectivity index (χ2v) is 6.63. The molecule has 1 atom stereocenters. The zero-order chi connectivity index (χ0) is 14.1. The van der Waals surface area contributed by atoms with Crippen LogP contribution in [0.1, 0.15) is 47.0 Å². The number of ether oxygens (including phenoxy) is 1. The topological polar surface area (TPSA) is 24.5 Å². The van der Waals surface area contributed by atoms with E-state index in [2.05, 4.69) is 37.9 Å². The largest absolute Gasteiger partial charge is 0.379 e. The summed E-state index contributed by atoms with van der Waals surface area (Å²) in [4.78, 5) is 2.62. The third-order valence-electron chi connectivity index (χ3n) is 3.68. The lowest BCUT2D eigenvalue weighted by Crippen LogP contribution is -2.29. The predicted octanol–water partition coefficient (Wildman–Crippen LogP) is 2.76. The Balaban J connectivity index is 1.96. The second kappa shape index (κ2) is 9.73. The number of hydrogen-bond acceptors (Lipinski definition) is 3. The van der Waals surface area contributed by atoms with Crippen molar-refractivity contribution in [2.45, 2.75) is 53.1 Å². The summed E-state index contributed by atoms with van der Waals surface area (Å²) in [5.74, 6) is 1.63. The van der Waals surface area contributed by atoms with Crippen LogP contribution in [0, 0.1) is 11.8 Å². The molecule has 3 heteroatoms. The summed E-state index contributed by atoms with van der Waals surface area (Å²) >= 11 is 0. The van der Waals surface area contributed by atoms with Crippen LogP contribution in [0.2, 0.25) is 0 Å².